The first-order valence-electron chi connectivity index (χ1n) is 24.8. The topological polar surface area (TPSA) is 78.9 Å². The van der Waals surface area contributed by atoms with Crippen LogP contribution in [0, 0.1) is 0 Å². The van der Waals surface area contributed by atoms with Crippen molar-refractivity contribution < 1.29 is 28.6 Å². The van der Waals surface area contributed by atoms with Crippen LogP contribution in [0.15, 0.2) is 60.8 Å². The minimum absolute atomic E-state index is 0.0937. The second-order valence-electron chi connectivity index (χ2n) is 16.4. The normalized spacial score (nSPS) is 12.5. The third-order valence-electron chi connectivity index (χ3n) is 10.5. The highest BCUT2D eigenvalue weighted by molar-refractivity contribution is 5.71. The predicted molar refractivity (Wildman–Crippen MR) is 251 cm³/mol. The third-order valence-corrected chi connectivity index (χ3v) is 10.5. The van der Waals surface area contributed by atoms with E-state index in [2.05, 4.69) is 81.5 Å². The van der Waals surface area contributed by atoms with Crippen LogP contribution in [0.4, 0.5) is 0 Å². The van der Waals surface area contributed by atoms with Gasteiger partial charge in [-0.05, 0) is 77.0 Å². The maximum Gasteiger partial charge on any atom is 0.306 e. The lowest BCUT2D eigenvalue weighted by Gasteiger charge is -2.18. The first kappa shape index (κ1) is 56.1. The zero-order chi connectivity index (χ0) is 43.0. The zero-order valence-corrected chi connectivity index (χ0v) is 38.8. The molecule has 6 nitrogen and oxygen atoms in total. The fraction of sp³-hybridized carbons (Fsp3) is 0.755. The Morgan fingerprint density at radius 2 is 0.678 bits per heavy atom. The van der Waals surface area contributed by atoms with E-state index in [1.807, 2.05) is 0 Å². The second kappa shape index (κ2) is 47.8. The molecule has 0 bridgehead atoms. The fourth-order valence-corrected chi connectivity index (χ4v) is 6.74. The smallest absolute Gasteiger partial charge is 0.306 e. The van der Waals surface area contributed by atoms with Crippen LogP contribution in [0.5, 0.6) is 0 Å². The Morgan fingerprint density at radius 3 is 1.15 bits per heavy atom. The van der Waals surface area contributed by atoms with Gasteiger partial charge in [0, 0.05) is 19.3 Å². The molecular formula is C53H92O6. The molecule has 0 saturated carbocycles. The van der Waals surface area contributed by atoms with Crippen LogP contribution in [0.2, 0.25) is 0 Å². The monoisotopic (exact) mass is 825 g/mol. The molecule has 1 atom stereocenters. The van der Waals surface area contributed by atoms with Crippen LogP contribution in [0.1, 0.15) is 239 Å². The number of carbonyl (C=O) groups is 3. The number of hydrogen-bond acceptors (Lipinski definition) is 6. The summed E-state index contributed by atoms with van der Waals surface area (Å²) in [6, 6.07) is 0. The van der Waals surface area contributed by atoms with Crippen LogP contribution in [0.3, 0.4) is 0 Å². The Kier molecular flexibility index (Phi) is 45.4. The predicted octanol–water partition coefficient (Wildman–Crippen LogP) is 16.1. The van der Waals surface area contributed by atoms with Gasteiger partial charge in [-0.3, -0.25) is 14.4 Å². The van der Waals surface area contributed by atoms with Crippen LogP contribution >= 0.6 is 0 Å². The third kappa shape index (κ3) is 46.0. The summed E-state index contributed by atoms with van der Waals surface area (Å²) in [4.78, 5) is 37.8. The van der Waals surface area contributed by atoms with Gasteiger partial charge in [0.1, 0.15) is 13.2 Å². The number of allylic oxidation sites excluding steroid dienone is 10. The average molecular weight is 825 g/mol. The van der Waals surface area contributed by atoms with Gasteiger partial charge in [-0.25, -0.2) is 0 Å². The Hall–Kier alpha value is -2.89. The van der Waals surface area contributed by atoms with E-state index in [9.17, 15) is 14.4 Å². The summed E-state index contributed by atoms with van der Waals surface area (Å²) in [5.74, 6) is -0.962. The summed E-state index contributed by atoms with van der Waals surface area (Å²) >= 11 is 0. The summed E-state index contributed by atoms with van der Waals surface area (Å²) in [5.41, 5.74) is 0. The molecule has 0 N–H and O–H groups in total. The van der Waals surface area contributed by atoms with Crippen molar-refractivity contribution in [3.05, 3.63) is 60.8 Å². The van der Waals surface area contributed by atoms with Gasteiger partial charge in [-0.2, -0.15) is 0 Å². The minimum Gasteiger partial charge on any atom is -0.462 e. The number of unbranched alkanes of at least 4 members (excludes halogenated alkanes) is 24. The van der Waals surface area contributed by atoms with Gasteiger partial charge >= 0.3 is 17.9 Å². The molecule has 0 aromatic carbocycles. The number of hydrogen-bond donors (Lipinski definition) is 0. The Labute approximate surface area is 364 Å². The number of rotatable bonds is 44. The van der Waals surface area contributed by atoms with Crippen molar-refractivity contribution in [2.45, 2.75) is 245 Å². The fourth-order valence-electron chi connectivity index (χ4n) is 6.74. The number of carbonyl (C=O) groups excluding carboxylic acids is 3. The molecule has 0 radical (unpaired) electrons. The molecule has 0 aliphatic carbocycles. The molecule has 0 spiro atoms. The molecule has 0 heterocycles. The maximum atomic E-state index is 12.7. The van der Waals surface area contributed by atoms with Crippen molar-refractivity contribution in [1.29, 1.82) is 0 Å². The first-order valence-corrected chi connectivity index (χ1v) is 24.8. The number of esters is 3. The molecule has 6 heteroatoms. The molecule has 340 valence electrons. The Morgan fingerprint density at radius 1 is 0.356 bits per heavy atom. The lowest BCUT2D eigenvalue weighted by atomic mass is 10.1. The van der Waals surface area contributed by atoms with Gasteiger partial charge in [0.25, 0.3) is 0 Å². The van der Waals surface area contributed by atoms with Gasteiger partial charge in [0.2, 0.25) is 0 Å². The van der Waals surface area contributed by atoms with E-state index in [4.69, 9.17) is 14.2 Å². The SMILES string of the molecule is CCCCC/C=C\C=C/CCCCCCCCC(=O)OC(COC(=O)CCC/C=C\C/C=C\C/C=C\CCCCCCCC)COC(=O)CCCCCCCCCCC. The largest absolute Gasteiger partial charge is 0.462 e. The standard InChI is InChI=1S/C53H92O6/c1-4-7-10-13-16-19-21-23-25-26-28-29-31-34-37-40-43-46-52(55)58-49-50(48-57-51(54)45-42-39-36-33-18-15-12-9-6-3)59-53(56)47-44-41-38-35-32-30-27-24-22-20-17-14-11-8-5-2/h17,20,22-25,28-29,34,37,50H,4-16,18-19,21,26-27,30-33,35-36,38-49H2,1-3H3/b20-17-,24-22-,25-23-,29-28-,37-34-. The average Bonchev–Trinajstić information content (AvgIpc) is 3.23. The second-order valence-corrected chi connectivity index (χ2v) is 16.4. The Bertz CT molecular complexity index is 1090. The lowest BCUT2D eigenvalue weighted by Crippen LogP contribution is -2.30. The van der Waals surface area contributed by atoms with E-state index in [0.717, 1.165) is 70.6 Å². The zero-order valence-electron chi connectivity index (χ0n) is 38.8. The molecule has 0 fully saturated rings. The highest BCUT2D eigenvalue weighted by atomic mass is 16.6. The van der Waals surface area contributed by atoms with E-state index < -0.39 is 6.10 Å². The molecule has 1 unspecified atom stereocenters. The van der Waals surface area contributed by atoms with Gasteiger partial charge in [0.15, 0.2) is 6.10 Å². The van der Waals surface area contributed by atoms with E-state index >= 15 is 0 Å². The van der Waals surface area contributed by atoms with Crippen molar-refractivity contribution in [3.8, 4) is 0 Å². The molecule has 59 heavy (non-hydrogen) atoms. The van der Waals surface area contributed by atoms with Crippen molar-refractivity contribution in [3.63, 3.8) is 0 Å². The maximum absolute atomic E-state index is 12.7. The molecule has 0 aromatic heterocycles. The van der Waals surface area contributed by atoms with Gasteiger partial charge in [-0.1, -0.05) is 204 Å². The van der Waals surface area contributed by atoms with Crippen molar-refractivity contribution in [1.82, 2.24) is 0 Å². The Balaban J connectivity index is 4.44. The minimum atomic E-state index is -0.796. The summed E-state index contributed by atoms with van der Waals surface area (Å²) in [5, 5.41) is 0. The summed E-state index contributed by atoms with van der Waals surface area (Å²) in [6.45, 7) is 6.52. The van der Waals surface area contributed by atoms with E-state index in [-0.39, 0.29) is 37.5 Å². The van der Waals surface area contributed by atoms with Crippen molar-refractivity contribution in [2.24, 2.45) is 0 Å². The van der Waals surface area contributed by atoms with Crippen LogP contribution < -0.4 is 0 Å². The van der Waals surface area contributed by atoms with Gasteiger partial charge in [0.05, 0.1) is 0 Å². The quantitative estimate of drug-likeness (QED) is 0.0200. The highest BCUT2D eigenvalue weighted by Crippen LogP contribution is 2.13. The summed E-state index contributed by atoms with van der Waals surface area (Å²) in [7, 11) is 0. The van der Waals surface area contributed by atoms with Crippen LogP contribution in [0.25, 0.3) is 0 Å². The molecule has 0 aliphatic heterocycles. The van der Waals surface area contributed by atoms with Crippen LogP contribution in [-0.2, 0) is 28.6 Å². The van der Waals surface area contributed by atoms with Crippen molar-refractivity contribution in [2.75, 3.05) is 13.2 Å². The molecule has 0 saturated heterocycles. The highest BCUT2D eigenvalue weighted by Gasteiger charge is 2.19. The lowest BCUT2D eigenvalue weighted by molar-refractivity contribution is -0.167. The first-order chi connectivity index (χ1) is 29.0. The van der Waals surface area contributed by atoms with E-state index in [0.29, 0.717) is 19.3 Å². The summed E-state index contributed by atoms with van der Waals surface area (Å²) in [6.07, 6.45) is 57.8. The molecular weight excluding hydrogens is 733 g/mol. The van der Waals surface area contributed by atoms with Gasteiger partial charge < -0.3 is 14.2 Å². The van der Waals surface area contributed by atoms with E-state index in [1.165, 1.54) is 122 Å². The summed E-state index contributed by atoms with van der Waals surface area (Å²) < 4.78 is 16.7. The van der Waals surface area contributed by atoms with E-state index in [1.54, 1.807) is 0 Å². The van der Waals surface area contributed by atoms with Crippen molar-refractivity contribution >= 4 is 17.9 Å². The molecule has 0 rings (SSSR count). The molecule has 0 aromatic rings. The molecule has 0 amide bonds. The van der Waals surface area contributed by atoms with Crippen LogP contribution in [-0.4, -0.2) is 37.2 Å². The van der Waals surface area contributed by atoms with Gasteiger partial charge in [-0.15, -0.1) is 0 Å². The number of ether oxygens (including phenoxy) is 3. The molecule has 0 aliphatic rings.